The Hall–Kier alpha value is -1.88. The molecule has 1 saturated heterocycles. The van der Waals surface area contributed by atoms with Crippen molar-refractivity contribution in [1.82, 2.24) is 0 Å². The first-order chi connectivity index (χ1) is 10.2. The van der Waals surface area contributed by atoms with Gasteiger partial charge in [-0.1, -0.05) is 18.2 Å². The zero-order valence-corrected chi connectivity index (χ0v) is 11.8. The number of para-hydroxylation sites is 1. The summed E-state index contributed by atoms with van der Waals surface area (Å²) in [5.74, 6) is -1.51. The molecule has 0 aliphatic carbocycles. The highest BCUT2D eigenvalue weighted by atomic mass is 16.5. The molecule has 2 aliphatic heterocycles. The third-order valence-electron chi connectivity index (χ3n) is 4.27. The zero-order valence-electron chi connectivity index (χ0n) is 11.8. The summed E-state index contributed by atoms with van der Waals surface area (Å²) in [6.45, 7) is 1.02. The van der Waals surface area contributed by atoms with Crippen LogP contribution >= 0.6 is 0 Å². The number of carbonyl (C=O) groups excluding carboxylic acids is 1. The predicted octanol–water partition coefficient (Wildman–Crippen LogP) is 2.16. The lowest BCUT2D eigenvalue weighted by atomic mass is 10.0. The molecule has 2 aliphatic rings. The van der Waals surface area contributed by atoms with Crippen molar-refractivity contribution in [3.8, 4) is 0 Å². The third kappa shape index (κ3) is 2.78. The van der Waals surface area contributed by atoms with Gasteiger partial charge in [-0.15, -0.1) is 0 Å². The standard InChI is InChI=1S/C16H19NO4/c18-15(8-7-11-4-3-9-21-11)17-10-13(16(19)20)12-5-1-2-6-14(12)17/h1-2,5-6,11,13H,3-4,7-10H2,(H,19,20)/t11-,13+/m0/s1. The SMILES string of the molecule is O=C(O)[C@@H]1CN(C(=O)CC[C@@H]2CCCO2)c2ccccc21. The summed E-state index contributed by atoms with van der Waals surface area (Å²) in [5, 5.41) is 9.30. The lowest BCUT2D eigenvalue weighted by Crippen LogP contribution is -2.31. The van der Waals surface area contributed by atoms with Crippen molar-refractivity contribution < 1.29 is 19.4 Å². The second-order valence-corrected chi connectivity index (χ2v) is 5.63. The van der Waals surface area contributed by atoms with Gasteiger partial charge in [-0.3, -0.25) is 9.59 Å². The van der Waals surface area contributed by atoms with E-state index in [-0.39, 0.29) is 18.6 Å². The summed E-state index contributed by atoms with van der Waals surface area (Å²) in [7, 11) is 0. The van der Waals surface area contributed by atoms with E-state index in [0.717, 1.165) is 37.1 Å². The van der Waals surface area contributed by atoms with Crippen LogP contribution in [0.5, 0.6) is 0 Å². The molecule has 0 saturated carbocycles. The fourth-order valence-electron chi connectivity index (χ4n) is 3.15. The number of carboxylic acids is 1. The predicted molar refractivity (Wildman–Crippen MR) is 77.4 cm³/mol. The van der Waals surface area contributed by atoms with Crippen molar-refractivity contribution in [1.29, 1.82) is 0 Å². The minimum atomic E-state index is -0.878. The van der Waals surface area contributed by atoms with Crippen LogP contribution in [0.1, 0.15) is 37.2 Å². The number of anilines is 1. The molecule has 0 unspecified atom stereocenters. The van der Waals surface area contributed by atoms with E-state index in [1.807, 2.05) is 18.2 Å². The Bertz CT molecular complexity index is 551. The largest absolute Gasteiger partial charge is 0.481 e. The molecule has 2 atom stereocenters. The monoisotopic (exact) mass is 289 g/mol. The van der Waals surface area contributed by atoms with Gasteiger partial charge in [-0.25, -0.2) is 0 Å². The Kier molecular flexibility index (Phi) is 3.92. The number of hydrogen-bond donors (Lipinski definition) is 1. The van der Waals surface area contributed by atoms with Crippen LogP contribution in [-0.4, -0.2) is 36.2 Å². The summed E-state index contributed by atoms with van der Waals surface area (Å²) < 4.78 is 5.53. The van der Waals surface area contributed by atoms with Crippen LogP contribution in [-0.2, 0) is 14.3 Å². The Morgan fingerprint density at radius 3 is 2.86 bits per heavy atom. The van der Waals surface area contributed by atoms with Gasteiger partial charge in [0.25, 0.3) is 0 Å². The van der Waals surface area contributed by atoms with Crippen LogP contribution in [0.4, 0.5) is 5.69 Å². The summed E-state index contributed by atoms with van der Waals surface area (Å²) in [5.41, 5.74) is 1.47. The van der Waals surface area contributed by atoms with Crippen LogP contribution in [0, 0.1) is 0 Å². The first-order valence-corrected chi connectivity index (χ1v) is 7.40. The third-order valence-corrected chi connectivity index (χ3v) is 4.27. The van der Waals surface area contributed by atoms with Crippen molar-refractivity contribution in [2.24, 2.45) is 0 Å². The average molecular weight is 289 g/mol. The second kappa shape index (κ2) is 5.85. The van der Waals surface area contributed by atoms with E-state index in [9.17, 15) is 14.7 Å². The molecular formula is C16H19NO4. The second-order valence-electron chi connectivity index (χ2n) is 5.63. The molecule has 1 amide bonds. The molecule has 1 aromatic carbocycles. The Balaban J connectivity index is 1.70. The van der Waals surface area contributed by atoms with Crippen molar-refractivity contribution in [3.63, 3.8) is 0 Å². The van der Waals surface area contributed by atoms with Crippen LogP contribution in [0.2, 0.25) is 0 Å². The number of amides is 1. The van der Waals surface area contributed by atoms with E-state index in [1.54, 1.807) is 11.0 Å². The number of benzene rings is 1. The minimum Gasteiger partial charge on any atom is -0.481 e. The molecule has 0 spiro atoms. The molecule has 5 nitrogen and oxygen atoms in total. The van der Waals surface area contributed by atoms with Crippen molar-refractivity contribution in [3.05, 3.63) is 29.8 Å². The van der Waals surface area contributed by atoms with Gasteiger partial charge < -0.3 is 14.7 Å². The van der Waals surface area contributed by atoms with E-state index in [1.165, 1.54) is 0 Å². The molecule has 1 N–H and O–H groups in total. The van der Waals surface area contributed by atoms with Gasteiger partial charge in [-0.05, 0) is 30.9 Å². The van der Waals surface area contributed by atoms with Gasteiger partial charge in [0.1, 0.15) is 5.92 Å². The van der Waals surface area contributed by atoms with Gasteiger partial charge in [0, 0.05) is 25.3 Å². The number of ether oxygens (including phenoxy) is 1. The fourth-order valence-corrected chi connectivity index (χ4v) is 3.15. The number of nitrogens with zero attached hydrogens (tertiary/aromatic N) is 1. The molecule has 0 bridgehead atoms. The van der Waals surface area contributed by atoms with Gasteiger partial charge >= 0.3 is 5.97 Å². The Morgan fingerprint density at radius 2 is 2.14 bits per heavy atom. The molecule has 21 heavy (non-hydrogen) atoms. The van der Waals surface area contributed by atoms with Crippen molar-refractivity contribution in [2.75, 3.05) is 18.1 Å². The van der Waals surface area contributed by atoms with Gasteiger partial charge in [0.05, 0.1) is 6.10 Å². The molecule has 112 valence electrons. The molecule has 0 aromatic heterocycles. The summed E-state index contributed by atoms with van der Waals surface area (Å²) in [4.78, 5) is 25.4. The molecule has 5 heteroatoms. The number of aliphatic carboxylic acids is 1. The van der Waals surface area contributed by atoms with Crippen molar-refractivity contribution in [2.45, 2.75) is 37.7 Å². The molecule has 3 rings (SSSR count). The highest BCUT2D eigenvalue weighted by Gasteiger charge is 2.36. The van der Waals surface area contributed by atoms with Gasteiger partial charge in [0.2, 0.25) is 5.91 Å². The highest BCUT2D eigenvalue weighted by Crippen LogP contribution is 2.36. The minimum absolute atomic E-state index is 0.0123. The summed E-state index contributed by atoms with van der Waals surface area (Å²) in [6, 6.07) is 7.27. The smallest absolute Gasteiger partial charge is 0.312 e. The zero-order chi connectivity index (χ0) is 14.8. The Morgan fingerprint density at radius 1 is 1.33 bits per heavy atom. The number of rotatable bonds is 4. The van der Waals surface area contributed by atoms with Crippen LogP contribution < -0.4 is 4.90 Å². The molecular weight excluding hydrogens is 270 g/mol. The maximum Gasteiger partial charge on any atom is 0.312 e. The molecule has 2 heterocycles. The fraction of sp³-hybridized carbons (Fsp3) is 0.500. The highest BCUT2D eigenvalue weighted by molar-refractivity contribution is 5.98. The molecule has 1 fully saturated rings. The number of carboxylic acid groups (broad SMARTS) is 1. The van der Waals surface area contributed by atoms with Gasteiger partial charge in [0.15, 0.2) is 0 Å². The van der Waals surface area contributed by atoms with E-state index in [2.05, 4.69) is 0 Å². The lowest BCUT2D eigenvalue weighted by Gasteiger charge is -2.18. The average Bonchev–Trinajstić information content (AvgIpc) is 3.12. The first-order valence-electron chi connectivity index (χ1n) is 7.40. The molecule has 0 radical (unpaired) electrons. The van der Waals surface area contributed by atoms with E-state index in [0.29, 0.717) is 6.42 Å². The molecule has 1 aromatic rings. The Labute approximate surface area is 123 Å². The first kappa shape index (κ1) is 14.1. The summed E-state index contributed by atoms with van der Waals surface area (Å²) in [6.07, 6.45) is 3.39. The number of carbonyl (C=O) groups is 2. The van der Waals surface area contributed by atoms with E-state index in [4.69, 9.17) is 4.74 Å². The lowest BCUT2D eigenvalue weighted by molar-refractivity contribution is -0.138. The van der Waals surface area contributed by atoms with Crippen LogP contribution in [0.25, 0.3) is 0 Å². The number of fused-ring (bicyclic) bond motifs is 1. The number of hydrogen-bond acceptors (Lipinski definition) is 3. The van der Waals surface area contributed by atoms with Gasteiger partial charge in [-0.2, -0.15) is 0 Å². The van der Waals surface area contributed by atoms with E-state index >= 15 is 0 Å². The quantitative estimate of drug-likeness (QED) is 0.922. The van der Waals surface area contributed by atoms with Crippen molar-refractivity contribution >= 4 is 17.6 Å². The van der Waals surface area contributed by atoms with E-state index < -0.39 is 11.9 Å². The summed E-state index contributed by atoms with van der Waals surface area (Å²) >= 11 is 0. The maximum atomic E-state index is 12.4. The maximum absolute atomic E-state index is 12.4. The van der Waals surface area contributed by atoms with Crippen LogP contribution in [0.3, 0.4) is 0 Å². The normalized spacial score (nSPS) is 24.1. The topological polar surface area (TPSA) is 66.8 Å². The van der Waals surface area contributed by atoms with Crippen LogP contribution in [0.15, 0.2) is 24.3 Å².